The minimum absolute atomic E-state index is 0.0478. The summed E-state index contributed by atoms with van der Waals surface area (Å²) in [5.41, 5.74) is 0. The summed E-state index contributed by atoms with van der Waals surface area (Å²) in [6, 6.07) is 0. The molecule has 1 rings (SSSR count). The van der Waals surface area contributed by atoms with Crippen LogP contribution < -0.4 is 10.6 Å². The van der Waals surface area contributed by atoms with Gasteiger partial charge in [0.05, 0.1) is 0 Å². The number of carbonyl (C=O) groups excluding carboxylic acids is 1. The normalized spacial score (nSPS) is 10.1. The fraction of sp³-hybridized carbons (Fsp3) is 0.625. The van der Waals surface area contributed by atoms with Gasteiger partial charge in [0.1, 0.15) is 19.2 Å². The lowest BCUT2D eigenvalue weighted by molar-refractivity contribution is -0.121. The van der Waals surface area contributed by atoms with Crippen LogP contribution in [0.4, 0.5) is 0 Å². The molecule has 0 bridgehead atoms. The fourth-order valence-corrected chi connectivity index (χ4v) is 0.984. The Balaban J connectivity index is 2.11. The van der Waals surface area contributed by atoms with E-state index in [1.54, 1.807) is 0 Å². The molecule has 6 nitrogen and oxygen atoms in total. The number of likely N-dealkylation sites (N-methyl/N-ethyl adjacent to an activating group) is 1. The molecule has 0 aliphatic carbocycles. The van der Waals surface area contributed by atoms with Gasteiger partial charge in [-0.05, 0) is 6.54 Å². The number of aromatic nitrogens is 3. The lowest BCUT2D eigenvalue weighted by atomic mass is 10.5. The quantitative estimate of drug-likeness (QED) is 0.574. The third-order valence-corrected chi connectivity index (χ3v) is 1.65. The van der Waals surface area contributed by atoms with Gasteiger partial charge in [0.2, 0.25) is 5.91 Å². The summed E-state index contributed by atoms with van der Waals surface area (Å²) in [4.78, 5) is 15.0. The average molecular weight is 197 g/mol. The van der Waals surface area contributed by atoms with Crippen LogP contribution in [0.2, 0.25) is 0 Å². The Hall–Kier alpha value is -1.43. The summed E-state index contributed by atoms with van der Waals surface area (Å²) in [6.45, 7) is 4.60. The van der Waals surface area contributed by atoms with E-state index in [1.165, 1.54) is 17.3 Å². The van der Waals surface area contributed by atoms with Crippen LogP contribution in [0.25, 0.3) is 0 Å². The molecule has 78 valence electrons. The van der Waals surface area contributed by atoms with Crippen molar-refractivity contribution in [3.8, 4) is 0 Å². The third kappa shape index (κ3) is 3.99. The van der Waals surface area contributed by atoms with Crippen LogP contribution in [0, 0.1) is 0 Å². The molecule has 14 heavy (non-hydrogen) atoms. The summed E-state index contributed by atoms with van der Waals surface area (Å²) >= 11 is 0. The van der Waals surface area contributed by atoms with Gasteiger partial charge in [0, 0.05) is 13.1 Å². The summed E-state index contributed by atoms with van der Waals surface area (Å²) in [6.07, 6.45) is 2.93. The van der Waals surface area contributed by atoms with Crippen molar-refractivity contribution < 1.29 is 4.79 Å². The molecule has 0 aromatic carbocycles. The van der Waals surface area contributed by atoms with Crippen molar-refractivity contribution in [2.75, 3.05) is 19.6 Å². The van der Waals surface area contributed by atoms with Gasteiger partial charge in [0.25, 0.3) is 0 Å². The highest BCUT2D eigenvalue weighted by molar-refractivity contribution is 5.75. The van der Waals surface area contributed by atoms with Gasteiger partial charge in [0.15, 0.2) is 0 Å². The van der Waals surface area contributed by atoms with Gasteiger partial charge in [-0.1, -0.05) is 6.92 Å². The first-order chi connectivity index (χ1) is 6.83. The molecule has 0 saturated carbocycles. The summed E-state index contributed by atoms with van der Waals surface area (Å²) in [7, 11) is 0. The second-order valence-corrected chi connectivity index (χ2v) is 2.80. The van der Waals surface area contributed by atoms with Crippen LogP contribution in [0.15, 0.2) is 12.7 Å². The predicted molar refractivity (Wildman–Crippen MR) is 51.6 cm³/mol. The minimum atomic E-state index is -0.0478. The van der Waals surface area contributed by atoms with Crippen molar-refractivity contribution in [1.29, 1.82) is 0 Å². The Morgan fingerprint density at radius 2 is 2.36 bits per heavy atom. The van der Waals surface area contributed by atoms with E-state index in [9.17, 15) is 4.79 Å². The lowest BCUT2D eigenvalue weighted by Crippen LogP contribution is -2.33. The molecule has 1 aromatic rings. The molecule has 2 N–H and O–H groups in total. The number of rotatable bonds is 6. The van der Waals surface area contributed by atoms with E-state index >= 15 is 0 Å². The molecule has 1 aromatic heterocycles. The number of carbonyl (C=O) groups is 1. The Labute approximate surface area is 82.7 Å². The van der Waals surface area contributed by atoms with Crippen molar-refractivity contribution in [3.05, 3.63) is 12.7 Å². The number of amides is 1. The van der Waals surface area contributed by atoms with Crippen LogP contribution in [-0.2, 0) is 11.3 Å². The largest absolute Gasteiger partial charge is 0.353 e. The van der Waals surface area contributed by atoms with Crippen molar-refractivity contribution in [3.63, 3.8) is 0 Å². The Morgan fingerprint density at radius 1 is 1.50 bits per heavy atom. The van der Waals surface area contributed by atoms with Crippen LogP contribution in [0.1, 0.15) is 6.92 Å². The summed E-state index contributed by atoms with van der Waals surface area (Å²) < 4.78 is 1.49. The number of hydrogen-bond donors (Lipinski definition) is 2. The molecular weight excluding hydrogens is 182 g/mol. The van der Waals surface area contributed by atoms with Gasteiger partial charge < -0.3 is 10.6 Å². The highest BCUT2D eigenvalue weighted by Gasteiger charge is 2.00. The molecule has 0 unspecified atom stereocenters. The number of nitrogens with one attached hydrogen (secondary N) is 2. The van der Waals surface area contributed by atoms with Crippen LogP contribution >= 0.6 is 0 Å². The molecule has 0 saturated heterocycles. The Kier molecular flexibility index (Phi) is 4.63. The molecule has 1 heterocycles. The van der Waals surface area contributed by atoms with Gasteiger partial charge >= 0.3 is 0 Å². The van der Waals surface area contributed by atoms with E-state index in [2.05, 4.69) is 20.7 Å². The molecule has 6 heteroatoms. The van der Waals surface area contributed by atoms with Crippen LogP contribution in [0.5, 0.6) is 0 Å². The molecular formula is C8H15N5O. The molecule has 0 fully saturated rings. The Morgan fingerprint density at radius 3 is 3.00 bits per heavy atom. The standard InChI is InChI=1S/C8H15N5O/c1-2-9-3-4-11-8(14)5-13-7-10-6-12-13/h6-7,9H,2-5H2,1H3,(H,11,14). The molecule has 0 spiro atoms. The average Bonchev–Trinajstić information content (AvgIpc) is 2.65. The van der Waals surface area contributed by atoms with E-state index in [1.807, 2.05) is 6.92 Å². The van der Waals surface area contributed by atoms with E-state index in [-0.39, 0.29) is 12.5 Å². The fourth-order valence-electron chi connectivity index (χ4n) is 0.984. The van der Waals surface area contributed by atoms with Gasteiger partial charge in [-0.2, -0.15) is 5.10 Å². The molecule has 1 amide bonds. The van der Waals surface area contributed by atoms with Crippen molar-refractivity contribution >= 4 is 5.91 Å². The summed E-state index contributed by atoms with van der Waals surface area (Å²) in [5.74, 6) is -0.0478. The highest BCUT2D eigenvalue weighted by Crippen LogP contribution is 1.79. The monoisotopic (exact) mass is 197 g/mol. The molecule has 0 aliphatic heterocycles. The first kappa shape index (κ1) is 10.6. The van der Waals surface area contributed by atoms with E-state index in [4.69, 9.17) is 0 Å². The second-order valence-electron chi connectivity index (χ2n) is 2.80. The van der Waals surface area contributed by atoms with E-state index in [0.717, 1.165) is 13.1 Å². The van der Waals surface area contributed by atoms with Crippen molar-refractivity contribution in [2.45, 2.75) is 13.5 Å². The first-order valence-electron chi connectivity index (χ1n) is 4.62. The zero-order valence-electron chi connectivity index (χ0n) is 8.23. The smallest absolute Gasteiger partial charge is 0.241 e. The van der Waals surface area contributed by atoms with Gasteiger partial charge in [-0.15, -0.1) is 0 Å². The maximum atomic E-state index is 11.2. The van der Waals surface area contributed by atoms with Crippen molar-refractivity contribution in [2.24, 2.45) is 0 Å². The zero-order chi connectivity index (χ0) is 10.2. The van der Waals surface area contributed by atoms with Crippen LogP contribution in [0.3, 0.4) is 0 Å². The summed E-state index contributed by atoms with van der Waals surface area (Å²) in [5, 5.41) is 9.71. The Bertz CT molecular complexity index is 259. The molecule has 0 atom stereocenters. The van der Waals surface area contributed by atoms with Gasteiger partial charge in [-0.25, -0.2) is 9.67 Å². The van der Waals surface area contributed by atoms with Gasteiger partial charge in [-0.3, -0.25) is 4.79 Å². The first-order valence-corrected chi connectivity index (χ1v) is 4.62. The van der Waals surface area contributed by atoms with E-state index < -0.39 is 0 Å². The SMILES string of the molecule is CCNCCNC(=O)Cn1cncn1. The van der Waals surface area contributed by atoms with Crippen LogP contribution in [-0.4, -0.2) is 40.3 Å². The second kappa shape index (κ2) is 6.09. The topological polar surface area (TPSA) is 71.8 Å². The number of nitrogens with zero attached hydrogens (tertiary/aromatic N) is 3. The van der Waals surface area contributed by atoms with Crippen molar-refractivity contribution in [1.82, 2.24) is 25.4 Å². The number of hydrogen-bond acceptors (Lipinski definition) is 4. The third-order valence-electron chi connectivity index (χ3n) is 1.65. The zero-order valence-corrected chi connectivity index (χ0v) is 8.23. The molecule has 0 radical (unpaired) electrons. The lowest BCUT2D eigenvalue weighted by Gasteiger charge is -2.04. The highest BCUT2D eigenvalue weighted by atomic mass is 16.2. The maximum absolute atomic E-state index is 11.2. The molecule has 0 aliphatic rings. The minimum Gasteiger partial charge on any atom is -0.353 e. The van der Waals surface area contributed by atoms with E-state index in [0.29, 0.717) is 6.54 Å². The maximum Gasteiger partial charge on any atom is 0.241 e. The predicted octanol–water partition coefficient (Wildman–Crippen LogP) is -0.996.